The van der Waals surface area contributed by atoms with E-state index in [9.17, 15) is 4.79 Å². The molecule has 3 nitrogen and oxygen atoms in total. The van der Waals surface area contributed by atoms with Gasteiger partial charge in [0, 0.05) is 17.5 Å². The maximum atomic E-state index is 12.3. The van der Waals surface area contributed by atoms with Crippen molar-refractivity contribution in [2.24, 2.45) is 0 Å². The van der Waals surface area contributed by atoms with E-state index in [-0.39, 0.29) is 11.9 Å². The van der Waals surface area contributed by atoms with E-state index in [0.29, 0.717) is 16.5 Å². The second-order valence-electron chi connectivity index (χ2n) is 4.69. The lowest BCUT2D eigenvalue weighted by molar-refractivity contribution is -0.118. The van der Waals surface area contributed by atoms with Gasteiger partial charge in [-0.1, -0.05) is 30.1 Å². The molecule has 0 saturated carbocycles. The summed E-state index contributed by atoms with van der Waals surface area (Å²) >= 11 is 12.2. The van der Waals surface area contributed by atoms with Gasteiger partial charge >= 0.3 is 0 Å². The normalized spacial score (nSPS) is 16.4. The van der Waals surface area contributed by atoms with Gasteiger partial charge in [0.25, 0.3) is 0 Å². The molecule has 0 atom stereocenters. The SMILES string of the molecule is CCC(=O)N(c1ccc(Cl)cc1Cl)C1CCNCC1. The third kappa shape index (κ3) is 3.41. The molecular formula is C14H18Cl2N2O. The Morgan fingerprint density at radius 2 is 2.05 bits per heavy atom. The van der Waals surface area contributed by atoms with Gasteiger partial charge in [-0.05, 0) is 44.1 Å². The highest BCUT2D eigenvalue weighted by Crippen LogP contribution is 2.32. The number of amides is 1. The van der Waals surface area contributed by atoms with Crippen LogP contribution in [-0.2, 0) is 4.79 Å². The van der Waals surface area contributed by atoms with Crippen LogP contribution in [0.3, 0.4) is 0 Å². The van der Waals surface area contributed by atoms with Crippen molar-refractivity contribution in [3.05, 3.63) is 28.2 Å². The van der Waals surface area contributed by atoms with Crippen LogP contribution < -0.4 is 10.2 Å². The molecule has 1 aromatic rings. The molecule has 2 rings (SSSR count). The number of anilines is 1. The van der Waals surface area contributed by atoms with Gasteiger partial charge in [0.2, 0.25) is 5.91 Å². The van der Waals surface area contributed by atoms with Crippen molar-refractivity contribution in [3.63, 3.8) is 0 Å². The summed E-state index contributed by atoms with van der Waals surface area (Å²) in [7, 11) is 0. The van der Waals surface area contributed by atoms with Crippen LogP contribution in [0.4, 0.5) is 5.69 Å². The number of hydrogen-bond acceptors (Lipinski definition) is 2. The van der Waals surface area contributed by atoms with Gasteiger partial charge in [0.15, 0.2) is 0 Å². The fourth-order valence-electron chi connectivity index (χ4n) is 2.45. The van der Waals surface area contributed by atoms with Crippen molar-refractivity contribution in [2.45, 2.75) is 32.2 Å². The van der Waals surface area contributed by atoms with Crippen molar-refractivity contribution in [2.75, 3.05) is 18.0 Å². The number of rotatable bonds is 3. The van der Waals surface area contributed by atoms with Crippen LogP contribution in [0.25, 0.3) is 0 Å². The third-order valence-electron chi connectivity index (χ3n) is 3.41. The van der Waals surface area contributed by atoms with Crippen molar-refractivity contribution in [1.82, 2.24) is 5.32 Å². The smallest absolute Gasteiger partial charge is 0.227 e. The number of carbonyl (C=O) groups excluding carboxylic acids is 1. The zero-order chi connectivity index (χ0) is 13.8. The van der Waals surface area contributed by atoms with Crippen LogP contribution in [0.2, 0.25) is 10.0 Å². The van der Waals surface area contributed by atoms with Crippen LogP contribution in [0.15, 0.2) is 18.2 Å². The van der Waals surface area contributed by atoms with Gasteiger partial charge in [0.1, 0.15) is 0 Å². The fourth-order valence-corrected chi connectivity index (χ4v) is 2.95. The second kappa shape index (κ2) is 6.60. The lowest BCUT2D eigenvalue weighted by Crippen LogP contribution is -2.46. The number of hydrogen-bond donors (Lipinski definition) is 1. The molecule has 0 aromatic heterocycles. The molecule has 0 spiro atoms. The highest BCUT2D eigenvalue weighted by atomic mass is 35.5. The van der Waals surface area contributed by atoms with Crippen LogP contribution in [0.1, 0.15) is 26.2 Å². The molecule has 1 aliphatic rings. The van der Waals surface area contributed by atoms with E-state index in [2.05, 4.69) is 5.32 Å². The van der Waals surface area contributed by atoms with Crippen molar-refractivity contribution in [3.8, 4) is 0 Å². The molecule has 1 N–H and O–H groups in total. The Morgan fingerprint density at radius 3 is 2.63 bits per heavy atom. The standard InChI is InChI=1S/C14H18Cl2N2O/c1-2-14(19)18(11-5-7-17-8-6-11)13-4-3-10(15)9-12(13)16/h3-4,9,11,17H,2,5-8H2,1H3. The van der Waals surface area contributed by atoms with E-state index in [1.807, 2.05) is 17.9 Å². The number of nitrogens with one attached hydrogen (secondary N) is 1. The van der Waals surface area contributed by atoms with Crippen LogP contribution >= 0.6 is 23.2 Å². The molecule has 1 fully saturated rings. The Morgan fingerprint density at radius 1 is 1.37 bits per heavy atom. The van der Waals surface area contributed by atoms with E-state index in [0.717, 1.165) is 31.6 Å². The Hall–Kier alpha value is -0.770. The van der Waals surface area contributed by atoms with Crippen LogP contribution in [-0.4, -0.2) is 25.0 Å². The first-order valence-electron chi connectivity index (χ1n) is 6.61. The quantitative estimate of drug-likeness (QED) is 0.927. The lowest BCUT2D eigenvalue weighted by Gasteiger charge is -2.35. The molecule has 1 amide bonds. The van der Waals surface area contributed by atoms with Crippen molar-refractivity contribution < 1.29 is 4.79 Å². The van der Waals surface area contributed by atoms with E-state index >= 15 is 0 Å². The molecule has 0 bridgehead atoms. The number of nitrogens with zero attached hydrogens (tertiary/aromatic N) is 1. The van der Waals surface area contributed by atoms with Crippen LogP contribution in [0, 0.1) is 0 Å². The average Bonchev–Trinajstić information content (AvgIpc) is 2.42. The Labute approximate surface area is 123 Å². The first-order valence-corrected chi connectivity index (χ1v) is 7.37. The minimum absolute atomic E-state index is 0.108. The highest BCUT2D eigenvalue weighted by Gasteiger charge is 2.27. The molecule has 0 radical (unpaired) electrons. The monoisotopic (exact) mass is 300 g/mol. The zero-order valence-electron chi connectivity index (χ0n) is 11.0. The largest absolute Gasteiger partial charge is 0.317 e. The highest BCUT2D eigenvalue weighted by molar-refractivity contribution is 6.36. The van der Waals surface area contributed by atoms with Crippen LogP contribution in [0.5, 0.6) is 0 Å². The summed E-state index contributed by atoms with van der Waals surface area (Å²) < 4.78 is 0. The molecule has 19 heavy (non-hydrogen) atoms. The molecular weight excluding hydrogens is 283 g/mol. The molecule has 0 unspecified atom stereocenters. The fraction of sp³-hybridized carbons (Fsp3) is 0.500. The Bertz CT molecular complexity index is 459. The lowest BCUT2D eigenvalue weighted by atomic mass is 10.0. The van der Waals surface area contributed by atoms with Gasteiger partial charge in [-0.15, -0.1) is 0 Å². The van der Waals surface area contributed by atoms with Gasteiger partial charge in [0.05, 0.1) is 10.7 Å². The summed E-state index contributed by atoms with van der Waals surface area (Å²) in [6.45, 7) is 3.74. The van der Waals surface area contributed by atoms with Gasteiger partial charge in [-0.3, -0.25) is 4.79 Å². The molecule has 5 heteroatoms. The number of piperidine rings is 1. The van der Waals surface area contributed by atoms with Crippen molar-refractivity contribution >= 4 is 34.8 Å². The first kappa shape index (κ1) is 14.6. The van der Waals surface area contributed by atoms with Gasteiger partial charge in [-0.25, -0.2) is 0 Å². The predicted octanol–water partition coefficient (Wildman–Crippen LogP) is 3.49. The van der Waals surface area contributed by atoms with E-state index in [1.54, 1.807) is 12.1 Å². The van der Waals surface area contributed by atoms with Gasteiger partial charge < -0.3 is 10.2 Å². The van der Waals surface area contributed by atoms with Gasteiger partial charge in [-0.2, -0.15) is 0 Å². The Balaban J connectivity index is 2.33. The minimum Gasteiger partial charge on any atom is -0.317 e. The first-order chi connectivity index (χ1) is 9.13. The summed E-state index contributed by atoms with van der Waals surface area (Å²) in [5, 5.41) is 4.43. The van der Waals surface area contributed by atoms with E-state index in [4.69, 9.17) is 23.2 Å². The summed E-state index contributed by atoms with van der Waals surface area (Å²) in [6, 6.07) is 5.52. The maximum absolute atomic E-state index is 12.3. The Kier molecular flexibility index (Phi) is 5.08. The molecule has 104 valence electrons. The molecule has 1 aromatic carbocycles. The maximum Gasteiger partial charge on any atom is 0.227 e. The molecule has 1 saturated heterocycles. The number of benzene rings is 1. The average molecular weight is 301 g/mol. The molecule has 1 heterocycles. The van der Waals surface area contributed by atoms with Crippen molar-refractivity contribution in [1.29, 1.82) is 0 Å². The molecule has 1 aliphatic heterocycles. The number of carbonyl (C=O) groups is 1. The summed E-state index contributed by atoms with van der Waals surface area (Å²) in [4.78, 5) is 14.1. The molecule has 0 aliphatic carbocycles. The number of halogens is 2. The second-order valence-corrected chi connectivity index (χ2v) is 5.54. The zero-order valence-corrected chi connectivity index (χ0v) is 12.5. The third-order valence-corrected chi connectivity index (χ3v) is 3.95. The predicted molar refractivity (Wildman–Crippen MR) is 80.1 cm³/mol. The summed E-state index contributed by atoms with van der Waals surface area (Å²) in [6.07, 6.45) is 2.37. The minimum atomic E-state index is 0.108. The summed E-state index contributed by atoms with van der Waals surface area (Å²) in [5.74, 6) is 0.108. The van der Waals surface area contributed by atoms with E-state index in [1.165, 1.54) is 0 Å². The summed E-state index contributed by atoms with van der Waals surface area (Å²) in [5.41, 5.74) is 0.768. The topological polar surface area (TPSA) is 32.3 Å². The van der Waals surface area contributed by atoms with E-state index < -0.39 is 0 Å².